The summed E-state index contributed by atoms with van der Waals surface area (Å²) in [5.74, 6) is 5.05. The number of aliphatic hydroxyl groups is 1. The molecule has 5 rings (SSSR count). The van der Waals surface area contributed by atoms with Crippen LogP contribution in [0.1, 0.15) is 106 Å². The summed E-state index contributed by atoms with van der Waals surface area (Å²) >= 11 is 0. The van der Waals surface area contributed by atoms with Crippen LogP contribution >= 0.6 is 0 Å². The van der Waals surface area contributed by atoms with Gasteiger partial charge in [0.15, 0.2) is 0 Å². The lowest BCUT2D eigenvalue weighted by Crippen LogP contribution is -2.63. The van der Waals surface area contributed by atoms with Crippen molar-refractivity contribution in [3.8, 4) is 0 Å². The predicted molar refractivity (Wildman–Crippen MR) is 126 cm³/mol. The highest BCUT2D eigenvalue weighted by molar-refractivity contribution is 5.17. The third kappa shape index (κ3) is 2.63. The molecule has 1 N–H and O–H groups in total. The molecule has 0 radical (unpaired) electrons. The van der Waals surface area contributed by atoms with Gasteiger partial charge in [-0.1, -0.05) is 46.8 Å². The number of hydrogen-bond donors (Lipinski definition) is 1. The molecule has 0 aliphatic heterocycles. The Morgan fingerprint density at radius 1 is 0.767 bits per heavy atom. The highest BCUT2D eigenvalue weighted by Crippen LogP contribution is 2.73. The molecule has 0 saturated heterocycles. The van der Waals surface area contributed by atoms with Gasteiger partial charge in [-0.15, -0.1) is 0 Å². The monoisotopic (exact) mass is 412 g/mol. The Hall–Kier alpha value is -0.300. The summed E-state index contributed by atoms with van der Waals surface area (Å²) in [6, 6.07) is 0. The van der Waals surface area contributed by atoms with E-state index in [-0.39, 0.29) is 11.5 Å². The molecule has 0 spiro atoms. The quantitative estimate of drug-likeness (QED) is 0.439. The molecular weight excluding hydrogens is 364 g/mol. The van der Waals surface area contributed by atoms with Crippen molar-refractivity contribution in [2.24, 2.45) is 57.2 Å². The summed E-state index contributed by atoms with van der Waals surface area (Å²) in [5, 5.41) is 10.8. The van der Waals surface area contributed by atoms with Gasteiger partial charge in [-0.2, -0.15) is 0 Å². The van der Waals surface area contributed by atoms with Gasteiger partial charge in [-0.3, -0.25) is 0 Å². The number of aliphatic hydroxyl groups excluding tert-OH is 1. The molecule has 0 amide bonds. The average molecular weight is 413 g/mol. The summed E-state index contributed by atoms with van der Waals surface area (Å²) in [6.07, 6.45) is 13.5. The van der Waals surface area contributed by atoms with E-state index in [1.807, 2.05) is 0 Å². The minimum atomic E-state index is -0.110. The largest absolute Gasteiger partial charge is 0.393 e. The third-order valence-corrected chi connectivity index (χ3v) is 12.6. The van der Waals surface area contributed by atoms with Crippen LogP contribution in [0.3, 0.4) is 0 Å². The molecule has 10 atom stereocenters. The van der Waals surface area contributed by atoms with Crippen LogP contribution in [-0.4, -0.2) is 11.2 Å². The van der Waals surface area contributed by atoms with Crippen LogP contribution in [0, 0.1) is 57.2 Å². The van der Waals surface area contributed by atoms with Crippen molar-refractivity contribution in [2.45, 2.75) is 112 Å². The fraction of sp³-hybridized carbons (Fsp3) is 0.931. The molecule has 0 aromatic rings. The molecule has 1 heteroatoms. The Morgan fingerprint density at radius 3 is 2.13 bits per heavy atom. The van der Waals surface area contributed by atoms with E-state index in [0.717, 1.165) is 36.0 Å². The van der Waals surface area contributed by atoms with Gasteiger partial charge in [0.05, 0.1) is 6.10 Å². The van der Waals surface area contributed by atoms with E-state index in [9.17, 15) is 5.11 Å². The lowest BCUT2D eigenvalue weighted by Gasteiger charge is -2.69. The normalized spacial score (nSPS) is 57.0. The first-order valence-electron chi connectivity index (χ1n) is 13.3. The number of hydrogen-bond acceptors (Lipinski definition) is 1. The molecule has 5 aliphatic carbocycles. The van der Waals surface area contributed by atoms with Crippen molar-refractivity contribution in [1.29, 1.82) is 0 Å². The Bertz CT molecular complexity index is 722. The molecule has 0 bridgehead atoms. The predicted octanol–water partition coefficient (Wildman–Crippen LogP) is 7.63. The second kappa shape index (κ2) is 6.61. The van der Waals surface area contributed by atoms with E-state index in [4.69, 9.17) is 0 Å². The van der Waals surface area contributed by atoms with E-state index in [0.29, 0.717) is 22.2 Å². The maximum Gasteiger partial charge on any atom is 0.0594 e. The fourth-order valence-corrected chi connectivity index (χ4v) is 11.2. The maximum atomic E-state index is 10.8. The Labute approximate surface area is 186 Å². The van der Waals surface area contributed by atoms with Crippen LogP contribution < -0.4 is 0 Å². The Kier molecular flexibility index (Phi) is 4.75. The minimum absolute atomic E-state index is 0.0762. The van der Waals surface area contributed by atoms with Gasteiger partial charge in [0, 0.05) is 0 Å². The van der Waals surface area contributed by atoms with Crippen molar-refractivity contribution in [2.75, 3.05) is 0 Å². The molecule has 0 aromatic heterocycles. The number of fused-ring (bicyclic) bond motifs is 7. The number of allylic oxidation sites excluding steroid dienone is 1. The Morgan fingerprint density at radius 2 is 1.43 bits per heavy atom. The van der Waals surface area contributed by atoms with Gasteiger partial charge in [0.2, 0.25) is 0 Å². The van der Waals surface area contributed by atoms with Gasteiger partial charge in [-0.05, 0) is 128 Å². The molecule has 0 heterocycles. The standard InChI is InChI=1S/C29H48O/c1-18(2)19-10-14-27(5)15-11-21-20(25(19)27)8-9-23-28(21,6)16-12-22-26(3,4)24(30)13-17-29(22,23)7/h19-25,30H,1,8-17H2,2-7H3/t19-,20?,21?,22?,23?,24?,25?,27?,28?,29?/m0/s1. The van der Waals surface area contributed by atoms with Crippen LogP contribution in [0.25, 0.3) is 0 Å². The van der Waals surface area contributed by atoms with E-state index in [2.05, 4.69) is 48.1 Å². The average Bonchev–Trinajstić information content (AvgIpc) is 3.03. The van der Waals surface area contributed by atoms with E-state index >= 15 is 0 Å². The molecule has 5 saturated carbocycles. The summed E-state index contributed by atoms with van der Waals surface area (Å²) in [4.78, 5) is 0. The van der Waals surface area contributed by atoms with Gasteiger partial charge in [-0.25, -0.2) is 0 Å². The zero-order valence-electron chi connectivity index (χ0n) is 20.8. The van der Waals surface area contributed by atoms with Crippen LogP contribution in [0.4, 0.5) is 0 Å². The summed E-state index contributed by atoms with van der Waals surface area (Å²) in [6.45, 7) is 19.5. The first-order chi connectivity index (χ1) is 13.9. The van der Waals surface area contributed by atoms with Crippen LogP contribution in [-0.2, 0) is 0 Å². The van der Waals surface area contributed by atoms with Crippen molar-refractivity contribution in [3.05, 3.63) is 12.2 Å². The van der Waals surface area contributed by atoms with Crippen molar-refractivity contribution >= 4 is 0 Å². The van der Waals surface area contributed by atoms with Gasteiger partial charge < -0.3 is 5.11 Å². The first-order valence-corrected chi connectivity index (χ1v) is 13.3. The smallest absolute Gasteiger partial charge is 0.0594 e. The Balaban J connectivity index is 1.49. The fourth-order valence-electron chi connectivity index (χ4n) is 11.2. The topological polar surface area (TPSA) is 20.2 Å². The zero-order valence-corrected chi connectivity index (χ0v) is 20.8. The molecule has 30 heavy (non-hydrogen) atoms. The lowest BCUT2D eigenvalue weighted by molar-refractivity contribution is -0.215. The molecular formula is C29H48O. The summed E-state index contributed by atoms with van der Waals surface area (Å²) in [7, 11) is 0. The third-order valence-electron chi connectivity index (χ3n) is 12.6. The molecule has 170 valence electrons. The summed E-state index contributed by atoms with van der Waals surface area (Å²) < 4.78 is 0. The SMILES string of the molecule is C=C(C)[C@@H]1CCC2(C)CCC3C(CCC4C3(C)CCC3C(C)(C)C(O)CCC34C)C12. The molecule has 0 aromatic carbocycles. The van der Waals surface area contributed by atoms with Crippen LogP contribution in [0.5, 0.6) is 0 Å². The first kappa shape index (κ1) is 21.5. The number of rotatable bonds is 1. The molecule has 5 fully saturated rings. The molecule has 9 unspecified atom stereocenters. The van der Waals surface area contributed by atoms with Crippen LogP contribution in [0.15, 0.2) is 12.2 Å². The minimum Gasteiger partial charge on any atom is -0.393 e. The van der Waals surface area contributed by atoms with E-state index in [1.54, 1.807) is 0 Å². The van der Waals surface area contributed by atoms with E-state index < -0.39 is 0 Å². The lowest BCUT2D eigenvalue weighted by atomic mass is 9.36. The van der Waals surface area contributed by atoms with E-state index in [1.165, 1.54) is 63.4 Å². The van der Waals surface area contributed by atoms with Gasteiger partial charge in [0.1, 0.15) is 0 Å². The maximum absolute atomic E-state index is 10.8. The molecule has 5 aliphatic rings. The molecule has 1 nitrogen and oxygen atoms in total. The highest BCUT2D eigenvalue weighted by Gasteiger charge is 2.66. The van der Waals surface area contributed by atoms with Crippen molar-refractivity contribution in [1.82, 2.24) is 0 Å². The second-order valence-corrected chi connectivity index (χ2v) is 14.1. The van der Waals surface area contributed by atoms with Crippen molar-refractivity contribution in [3.63, 3.8) is 0 Å². The van der Waals surface area contributed by atoms with Crippen molar-refractivity contribution < 1.29 is 5.11 Å². The highest BCUT2D eigenvalue weighted by atomic mass is 16.3. The second-order valence-electron chi connectivity index (χ2n) is 14.1. The van der Waals surface area contributed by atoms with Gasteiger partial charge >= 0.3 is 0 Å². The summed E-state index contributed by atoms with van der Waals surface area (Å²) in [5.41, 5.74) is 3.05. The zero-order chi connectivity index (χ0) is 21.7. The van der Waals surface area contributed by atoms with Crippen LogP contribution in [0.2, 0.25) is 0 Å². The van der Waals surface area contributed by atoms with Gasteiger partial charge in [0.25, 0.3) is 0 Å².